The summed E-state index contributed by atoms with van der Waals surface area (Å²) in [5.41, 5.74) is -0.304. The Morgan fingerprint density at radius 1 is 1.24 bits per heavy atom. The van der Waals surface area contributed by atoms with Crippen molar-refractivity contribution < 1.29 is 19.0 Å². The Kier molecular flexibility index (Phi) is 5.21. The van der Waals surface area contributed by atoms with Crippen molar-refractivity contribution in [3.05, 3.63) is 29.6 Å². The number of aromatic carboxylic acids is 1. The topological polar surface area (TPSA) is 46.5 Å². The summed E-state index contributed by atoms with van der Waals surface area (Å²) in [5.74, 6) is -1.49. The minimum atomic E-state index is -1.07. The summed E-state index contributed by atoms with van der Waals surface area (Å²) in [6, 6.07) is 3.74. The normalized spacial score (nSPS) is 18.6. The van der Waals surface area contributed by atoms with Crippen LogP contribution >= 0.6 is 0 Å². The van der Waals surface area contributed by atoms with E-state index in [0.29, 0.717) is 0 Å². The number of carbonyl (C=O) groups is 1. The molecule has 0 amide bonds. The van der Waals surface area contributed by atoms with Crippen LogP contribution in [0.25, 0.3) is 0 Å². The van der Waals surface area contributed by atoms with Crippen molar-refractivity contribution in [3.8, 4) is 5.75 Å². The third-order valence-electron chi connectivity index (χ3n) is 4.41. The zero-order valence-electron chi connectivity index (χ0n) is 12.5. The second kappa shape index (κ2) is 6.92. The van der Waals surface area contributed by atoms with Gasteiger partial charge in [0.1, 0.15) is 5.60 Å². The molecule has 0 radical (unpaired) electrons. The number of hydrogen-bond donors (Lipinski definition) is 1. The maximum atomic E-state index is 14.0. The average molecular weight is 294 g/mol. The summed E-state index contributed by atoms with van der Waals surface area (Å²) in [4.78, 5) is 11.0. The lowest BCUT2D eigenvalue weighted by molar-refractivity contribution is 0.0327. The fourth-order valence-electron chi connectivity index (χ4n) is 3.03. The molecule has 1 fully saturated rings. The predicted molar refractivity (Wildman–Crippen MR) is 79.3 cm³/mol. The fraction of sp³-hybridized carbons (Fsp3) is 0.588. The first-order valence-electron chi connectivity index (χ1n) is 7.78. The molecule has 1 aliphatic carbocycles. The summed E-state index contributed by atoms with van der Waals surface area (Å²) < 4.78 is 20.0. The van der Waals surface area contributed by atoms with Gasteiger partial charge in [0, 0.05) is 0 Å². The van der Waals surface area contributed by atoms with Crippen LogP contribution in [-0.2, 0) is 0 Å². The Hall–Kier alpha value is -1.58. The van der Waals surface area contributed by atoms with E-state index in [9.17, 15) is 9.18 Å². The molecule has 0 bridgehead atoms. The molecule has 116 valence electrons. The first kappa shape index (κ1) is 15.8. The molecule has 0 atom stereocenters. The van der Waals surface area contributed by atoms with Crippen LogP contribution in [-0.4, -0.2) is 16.7 Å². The van der Waals surface area contributed by atoms with E-state index in [4.69, 9.17) is 9.84 Å². The van der Waals surface area contributed by atoms with Crippen molar-refractivity contribution in [2.24, 2.45) is 0 Å². The molecule has 0 spiro atoms. The molecule has 21 heavy (non-hydrogen) atoms. The Labute approximate surface area is 125 Å². The summed E-state index contributed by atoms with van der Waals surface area (Å²) in [5, 5.41) is 9.03. The largest absolute Gasteiger partial charge is 0.484 e. The first-order chi connectivity index (χ1) is 10.1. The number of rotatable bonds is 4. The zero-order valence-corrected chi connectivity index (χ0v) is 12.5. The van der Waals surface area contributed by atoms with Gasteiger partial charge in [-0.25, -0.2) is 9.18 Å². The number of benzene rings is 1. The van der Waals surface area contributed by atoms with Gasteiger partial charge in [-0.2, -0.15) is 0 Å². The van der Waals surface area contributed by atoms with E-state index >= 15 is 0 Å². The van der Waals surface area contributed by atoms with E-state index in [2.05, 4.69) is 6.92 Å². The molecule has 0 saturated heterocycles. The Morgan fingerprint density at radius 2 is 1.86 bits per heavy atom. The van der Waals surface area contributed by atoms with Crippen molar-refractivity contribution in [2.45, 2.75) is 63.9 Å². The molecule has 3 nitrogen and oxygen atoms in total. The van der Waals surface area contributed by atoms with E-state index in [1.54, 1.807) is 0 Å². The van der Waals surface area contributed by atoms with Gasteiger partial charge in [-0.3, -0.25) is 0 Å². The maximum Gasteiger partial charge on any atom is 0.335 e. The molecule has 0 aromatic heterocycles. The molecule has 1 aromatic rings. The molecule has 1 aliphatic rings. The second-order valence-corrected chi connectivity index (χ2v) is 5.86. The van der Waals surface area contributed by atoms with Gasteiger partial charge in [0.2, 0.25) is 0 Å². The van der Waals surface area contributed by atoms with Gasteiger partial charge < -0.3 is 9.84 Å². The standard InChI is InChI=1S/C17H23FO3/c1-2-17(10-6-4-3-5-7-11-17)21-15-12-13(16(19)20)8-9-14(15)18/h8-9,12H,2-7,10-11H2,1H3,(H,19,20). The predicted octanol–water partition coefficient (Wildman–Crippen LogP) is 4.80. The highest BCUT2D eigenvalue weighted by molar-refractivity contribution is 5.88. The molecule has 1 aromatic carbocycles. The molecular formula is C17H23FO3. The van der Waals surface area contributed by atoms with Crippen LogP contribution in [0.3, 0.4) is 0 Å². The van der Waals surface area contributed by atoms with E-state index in [0.717, 1.165) is 32.1 Å². The Morgan fingerprint density at radius 3 is 2.43 bits per heavy atom. The third kappa shape index (κ3) is 3.96. The van der Waals surface area contributed by atoms with Gasteiger partial charge in [-0.05, 0) is 50.3 Å². The number of carboxylic acids is 1. The monoisotopic (exact) mass is 294 g/mol. The lowest BCUT2D eigenvalue weighted by Gasteiger charge is -2.35. The van der Waals surface area contributed by atoms with Gasteiger partial charge in [0.05, 0.1) is 5.56 Å². The van der Waals surface area contributed by atoms with Gasteiger partial charge in [0.15, 0.2) is 11.6 Å². The molecule has 0 aliphatic heterocycles. The van der Waals surface area contributed by atoms with E-state index in [1.807, 2.05) is 0 Å². The van der Waals surface area contributed by atoms with Crippen molar-refractivity contribution in [2.75, 3.05) is 0 Å². The SMILES string of the molecule is CCC1(Oc2cc(C(=O)O)ccc2F)CCCCCCC1. The zero-order chi connectivity index (χ0) is 15.3. The second-order valence-electron chi connectivity index (χ2n) is 5.86. The van der Waals surface area contributed by atoms with Crippen LogP contribution < -0.4 is 4.74 Å². The smallest absolute Gasteiger partial charge is 0.335 e. The average Bonchev–Trinajstić information content (AvgIpc) is 2.44. The quantitative estimate of drug-likeness (QED) is 0.868. The molecule has 1 N–H and O–H groups in total. The van der Waals surface area contributed by atoms with Gasteiger partial charge in [0.25, 0.3) is 0 Å². The molecule has 1 saturated carbocycles. The Bertz CT molecular complexity index is 491. The van der Waals surface area contributed by atoms with Crippen molar-refractivity contribution >= 4 is 5.97 Å². The summed E-state index contributed by atoms with van der Waals surface area (Å²) in [6.07, 6.45) is 8.39. The van der Waals surface area contributed by atoms with Gasteiger partial charge in [-0.1, -0.05) is 26.2 Å². The minimum absolute atomic E-state index is 0.0588. The van der Waals surface area contributed by atoms with Crippen LogP contribution in [0.15, 0.2) is 18.2 Å². The van der Waals surface area contributed by atoms with E-state index < -0.39 is 11.8 Å². The van der Waals surface area contributed by atoms with Crippen molar-refractivity contribution in [1.29, 1.82) is 0 Å². The minimum Gasteiger partial charge on any atom is -0.484 e. The van der Waals surface area contributed by atoms with Gasteiger partial charge in [-0.15, -0.1) is 0 Å². The van der Waals surface area contributed by atoms with Crippen LogP contribution in [0.5, 0.6) is 5.75 Å². The number of carboxylic acid groups (broad SMARTS) is 1. The van der Waals surface area contributed by atoms with E-state index in [1.165, 1.54) is 37.5 Å². The lowest BCUT2D eigenvalue weighted by atomic mass is 9.85. The molecule has 0 heterocycles. The fourth-order valence-corrected chi connectivity index (χ4v) is 3.03. The highest BCUT2D eigenvalue weighted by Crippen LogP contribution is 2.35. The highest BCUT2D eigenvalue weighted by atomic mass is 19.1. The summed E-state index contributed by atoms with van der Waals surface area (Å²) in [6.45, 7) is 2.06. The summed E-state index contributed by atoms with van der Waals surface area (Å²) >= 11 is 0. The molecule has 2 rings (SSSR count). The van der Waals surface area contributed by atoms with Crippen molar-refractivity contribution in [3.63, 3.8) is 0 Å². The summed E-state index contributed by atoms with van der Waals surface area (Å²) in [7, 11) is 0. The Balaban J connectivity index is 2.23. The number of hydrogen-bond acceptors (Lipinski definition) is 2. The molecule has 4 heteroatoms. The molecule has 0 unspecified atom stereocenters. The van der Waals surface area contributed by atoms with Crippen LogP contribution in [0, 0.1) is 5.82 Å². The lowest BCUT2D eigenvalue weighted by Crippen LogP contribution is -2.36. The first-order valence-corrected chi connectivity index (χ1v) is 7.78. The van der Waals surface area contributed by atoms with Crippen LogP contribution in [0.2, 0.25) is 0 Å². The third-order valence-corrected chi connectivity index (χ3v) is 4.41. The van der Waals surface area contributed by atoms with Crippen LogP contribution in [0.1, 0.15) is 68.6 Å². The van der Waals surface area contributed by atoms with Crippen molar-refractivity contribution in [1.82, 2.24) is 0 Å². The number of halogens is 1. The van der Waals surface area contributed by atoms with Gasteiger partial charge >= 0.3 is 5.97 Å². The number of ether oxygens (including phenoxy) is 1. The highest BCUT2D eigenvalue weighted by Gasteiger charge is 2.31. The molecular weight excluding hydrogens is 271 g/mol. The maximum absolute atomic E-state index is 14.0. The van der Waals surface area contributed by atoms with E-state index in [-0.39, 0.29) is 16.9 Å². The van der Waals surface area contributed by atoms with Crippen LogP contribution in [0.4, 0.5) is 4.39 Å².